The molecule has 0 bridgehead atoms. The molecule has 1 aromatic carbocycles. The molecule has 33 heavy (non-hydrogen) atoms. The standard InChI is InChI=1S/C24H28N6OS2/c1-14(2)32-16-8-6-15(7-9-16)18-13-27-22(25)21(28-18)24-30(3)29-23(31-24)20-11-10-19(33-20)17-5-4-12-26-17/h6-11,13-14,17,24,26H,4-5,12H2,1-3H3,(H2,25,27). The highest BCUT2D eigenvalue weighted by molar-refractivity contribution is 7.99. The Morgan fingerprint density at radius 2 is 2.03 bits per heavy atom. The SMILES string of the molecule is CC(C)Sc1ccc(-c2cnc(N)c(C3OC(c4ccc(C5CCCN5)s4)=NN3C)n2)cc1. The van der Waals surface area contributed by atoms with Gasteiger partial charge in [-0.25, -0.2) is 9.97 Å². The van der Waals surface area contributed by atoms with Crippen LogP contribution in [0.15, 0.2) is 52.6 Å². The molecule has 1 saturated heterocycles. The zero-order valence-corrected chi connectivity index (χ0v) is 20.6. The van der Waals surface area contributed by atoms with Crippen molar-refractivity contribution in [3.05, 3.63) is 58.0 Å². The number of benzene rings is 1. The first-order valence-electron chi connectivity index (χ1n) is 11.2. The van der Waals surface area contributed by atoms with E-state index in [4.69, 9.17) is 15.5 Å². The minimum atomic E-state index is -0.515. The van der Waals surface area contributed by atoms with Gasteiger partial charge >= 0.3 is 0 Å². The van der Waals surface area contributed by atoms with Crippen molar-refractivity contribution in [3.63, 3.8) is 0 Å². The smallest absolute Gasteiger partial charge is 0.250 e. The molecule has 5 rings (SSSR count). The zero-order valence-electron chi connectivity index (χ0n) is 19.0. The topological polar surface area (TPSA) is 88.7 Å². The Hall–Kier alpha value is -2.62. The fraction of sp³-hybridized carbons (Fsp3) is 0.375. The zero-order chi connectivity index (χ0) is 22.9. The van der Waals surface area contributed by atoms with Gasteiger partial charge in [0.05, 0.1) is 16.8 Å². The maximum atomic E-state index is 6.24. The van der Waals surface area contributed by atoms with E-state index in [2.05, 4.69) is 65.6 Å². The van der Waals surface area contributed by atoms with Gasteiger partial charge in [0.1, 0.15) is 5.69 Å². The predicted molar refractivity (Wildman–Crippen MR) is 135 cm³/mol. The number of aromatic nitrogens is 2. The van der Waals surface area contributed by atoms with Crippen molar-refractivity contribution in [2.24, 2.45) is 5.10 Å². The molecule has 3 aromatic rings. The third-order valence-corrected chi connectivity index (χ3v) is 7.84. The summed E-state index contributed by atoms with van der Waals surface area (Å²) in [6.07, 6.45) is 3.58. The van der Waals surface area contributed by atoms with Gasteiger partial charge in [-0.2, -0.15) is 0 Å². The number of hydrogen-bond donors (Lipinski definition) is 2. The van der Waals surface area contributed by atoms with E-state index in [-0.39, 0.29) is 0 Å². The summed E-state index contributed by atoms with van der Waals surface area (Å²) in [5.74, 6) is 0.944. The number of thioether (sulfide) groups is 1. The first-order valence-corrected chi connectivity index (χ1v) is 12.9. The Morgan fingerprint density at radius 1 is 1.21 bits per heavy atom. The number of nitrogens with zero attached hydrogens (tertiary/aromatic N) is 4. The van der Waals surface area contributed by atoms with Crippen LogP contribution in [-0.2, 0) is 4.74 Å². The molecule has 1 fully saturated rings. The lowest BCUT2D eigenvalue weighted by molar-refractivity contribution is 0.0746. The van der Waals surface area contributed by atoms with Gasteiger partial charge in [0.15, 0.2) is 5.82 Å². The third-order valence-electron chi connectivity index (χ3n) is 5.64. The highest BCUT2D eigenvalue weighted by Gasteiger charge is 2.32. The van der Waals surface area contributed by atoms with Crippen LogP contribution in [0.4, 0.5) is 5.82 Å². The van der Waals surface area contributed by atoms with E-state index in [1.807, 2.05) is 18.8 Å². The lowest BCUT2D eigenvalue weighted by atomic mass is 10.1. The molecule has 0 radical (unpaired) electrons. The summed E-state index contributed by atoms with van der Waals surface area (Å²) in [6, 6.07) is 13.0. The number of anilines is 1. The molecule has 3 N–H and O–H groups in total. The molecular weight excluding hydrogens is 452 g/mol. The fourth-order valence-electron chi connectivity index (χ4n) is 4.03. The molecule has 2 unspecified atom stereocenters. The van der Waals surface area contributed by atoms with Gasteiger partial charge in [0.2, 0.25) is 6.23 Å². The largest absolute Gasteiger partial charge is 0.444 e. The van der Waals surface area contributed by atoms with Crippen molar-refractivity contribution >= 4 is 34.8 Å². The number of nitrogen functional groups attached to an aromatic ring is 1. The van der Waals surface area contributed by atoms with E-state index in [0.29, 0.717) is 28.7 Å². The summed E-state index contributed by atoms with van der Waals surface area (Å²) in [6.45, 7) is 5.45. The Morgan fingerprint density at radius 3 is 2.76 bits per heavy atom. The lowest BCUT2D eigenvalue weighted by Gasteiger charge is -2.18. The molecule has 9 heteroatoms. The Balaban J connectivity index is 1.35. The molecule has 2 aliphatic rings. The van der Waals surface area contributed by atoms with Gasteiger partial charge in [0, 0.05) is 33.7 Å². The first kappa shape index (κ1) is 22.2. The second kappa shape index (κ2) is 9.32. The van der Waals surface area contributed by atoms with Gasteiger partial charge < -0.3 is 15.8 Å². The van der Waals surface area contributed by atoms with Crippen LogP contribution in [0.25, 0.3) is 11.3 Å². The molecule has 2 atom stereocenters. The number of nitrogens with two attached hydrogens (primary N) is 1. The Bertz CT molecular complexity index is 1150. The second-order valence-corrected chi connectivity index (χ2v) is 11.3. The van der Waals surface area contributed by atoms with Crippen LogP contribution in [-0.4, -0.2) is 39.7 Å². The Kier molecular flexibility index (Phi) is 6.27. The van der Waals surface area contributed by atoms with Crippen molar-refractivity contribution in [3.8, 4) is 11.3 Å². The van der Waals surface area contributed by atoms with Gasteiger partial charge in [0.25, 0.3) is 5.90 Å². The molecule has 2 aliphatic heterocycles. The van der Waals surface area contributed by atoms with Crippen LogP contribution in [0.5, 0.6) is 0 Å². The summed E-state index contributed by atoms with van der Waals surface area (Å²) in [7, 11) is 1.87. The van der Waals surface area contributed by atoms with Crippen molar-refractivity contribution < 1.29 is 4.74 Å². The number of thiophene rings is 1. The normalized spacial score (nSPS) is 20.4. The van der Waals surface area contributed by atoms with Gasteiger partial charge in [-0.3, -0.25) is 5.01 Å². The minimum Gasteiger partial charge on any atom is -0.444 e. The number of hydrazone groups is 1. The van der Waals surface area contributed by atoms with Crippen LogP contribution in [0, 0.1) is 0 Å². The monoisotopic (exact) mass is 480 g/mol. The summed E-state index contributed by atoms with van der Waals surface area (Å²) >= 11 is 3.56. The average Bonchev–Trinajstić information content (AvgIpc) is 3.55. The molecule has 4 heterocycles. The van der Waals surface area contributed by atoms with Crippen LogP contribution in [0.1, 0.15) is 54.4 Å². The summed E-state index contributed by atoms with van der Waals surface area (Å²) in [5, 5.41) is 10.5. The Labute approximate surface area is 202 Å². The predicted octanol–water partition coefficient (Wildman–Crippen LogP) is 5.03. The average molecular weight is 481 g/mol. The number of ether oxygens (including phenoxy) is 1. The molecule has 172 valence electrons. The maximum Gasteiger partial charge on any atom is 0.250 e. The molecule has 0 spiro atoms. The van der Waals surface area contributed by atoms with Crippen LogP contribution >= 0.6 is 23.1 Å². The molecule has 0 aliphatic carbocycles. The first-order chi connectivity index (χ1) is 16.0. The molecular formula is C24H28N6OS2. The number of hydrogen-bond acceptors (Lipinski definition) is 9. The molecule has 0 saturated carbocycles. The molecule has 7 nitrogen and oxygen atoms in total. The van der Waals surface area contributed by atoms with Crippen molar-refractivity contribution in [1.82, 2.24) is 20.3 Å². The van der Waals surface area contributed by atoms with Crippen LogP contribution in [0.3, 0.4) is 0 Å². The van der Waals surface area contributed by atoms with E-state index < -0.39 is 6.23 Å². The maximum absolute atomic E-state index is 6.24. The minimum absolute atomic E-state index is 0.348. The van der Waals surface area contributed by atoms with Gasteiger partial charge in [-0.05, 0) is 43.7 Å². The van der Waals surface area contributed by atoms with E-state index in [1.54, 1.807) is 22.5 Å². The number of rotatable bonds is 6. The van der Waals surface area contributed by atoms with Gasteiger partial charge in [-0.15, -0.1) is 28.2 Å². The summed E-state index contributed by atoms with van der Waals surface area (Å²) in [4.78, 5) is 12.8. The second-order valence-electron chi connectivity index (χ2n) is 8.52. The quantitative estimate of drug-likeness (QED) is 0.478. The van der Waals surface area contributed by atoms with E-state index >= 15 is 0 Å². The highest BCUT2D eigenvalue weighted by Crippen LogP contribution is 2.35. The summed E-state index contributed by atoms with van der Waals surface area (Å²) < 4.78 is 6.24. The highest BCUT2D eigenvalue weighted by atomic mass is 32.2. The lowest BCUT2D eigenvalue weighted by Crippen LogP contribution is -2.19. The van der Waals surface area contributed by atoms with Gasteiger partial charge in [-0.1, -0.05) is 26.0 Å². The molecule has 2 aromatic heterocycles. The van der Waals surface area contributed by atoms with Crippen molar-refractivity contribution in [2.45, 2.75) is 49.1 Å². The third kappa shape index (κ3) is 4.71. The van der Waals surface area contributed by atoms with E-state index in [0.717, 1.165) is 22.7 Å². The van der Waals surface area contributed by atoms with Crippen LogP contribution < -0.4 is 11.1 Å². The summed E-state index contributed by atoms with van der Waals surface area (Å²) in [5.41, 5.74) is 8.54. The fourth-order valence-corrected chi connectivity index (χ4v) is 5.92. The van der Waals surface area contributed by atoms with Crippen LogP contribution in [0.2, 0.25) is 0 Å². The van der Waals surface area contributed by atoms with E-state index in [9.17, 15) is 0 Å². The number of nitrogens with one attached hydrogen (secondary N) is 1. The molecule has 0 amide bonds. The van der Waals surface area contributed by atoms with Crippen molar-refractivity contribution in [1.29, 1.82) is 0 Å². The van der Waals surface area contributed by atoms with Crippen molar-refractivity contribution in [2.75, 3.05) is 19.3 Å². The van der Waals surface area contributed by atoms with E-state index in [1.165, 1.54) is 22.6 Å².